The second-order valence-corrected chi connectivity index (χ2v) is 2.73. The molecule has 0 saturated carbocycles. The van der Waals surface area contributed by atoms with Gasteiger partial charge in [-0.15, -0.1) is 0 Å². The van der Waals surface area contributed by atoms with E-state index in [1.54, 1.807) is 0 Å². The minimum atomic E-state index is -4.26. The number of halogens is 3. The number of hydrogen-bond donors (Lipinski definition) is 2. The molecule has 72 valence electrons. The van der Waals surface area contributed by atoms with Crippen molar-refractivity contribution in [2.24, 2.45) is 0 Å². The van der Waals surface area contributed by atoms with Crippen LogP contribution >= 0.6 is 12.6 Å². The van der Waals surface area contributed by atoms with Gasteiger partial charge in [-0.05, 0) is 24.3 Å². The van der Waals surface area contributed by atoms with Crippen LogP contribution in [0.3, 0.4) is 0 Å². The van der Waals surface area contributed by atoms with E-state index in [1.807, 2.05) is 0 Å². The molecule has 13 heavy (non-hydrogen) atoms. The van der Waals surface area contributed by atoms with Gasteiger partial charge in [0.15, 0.2) is 0 Å². The maximum Gasteiger partial charge on any atom is 0.416 e. The first kappa shape index (κ1) is 10.2. The fraction of sp³-hybridized carbons (Fsp3) is 0.250. The monoisotopic (exact) mass is 207 g/mol. The third kappa shape index (κ3) is 2.84. The average molecular weight is 207 g/mol. The summed E-state index contributed by atoms with van der Waals surface area (Å²) in [6.07, 6.45) is -4.26. The van der Waals surface area contributed by atoms with E-state index in [-0.39, 0.29) is 0 Å². The zero-order valence-electron chi connectivity index (χ0n) is 6.60. The van der Waals surface area contributed by atoms with E-state index in [2.05, 4.69) is 17.9 Å². The quantitative estimate of drug-likeness (QED) is 0.561. The maximum absolute atomic E-state index is 12.1. The topological polar surface area (TPSA) is 12.0 Å². The van der Waals surface area contributed by atoms with Gasteiger partial charge in [0, 0.05) is 5.69 Å². The van der Waals surface area contributed by atoms with Gasteiger partial charge >= 0.3 is 6.18 Å². The fourth-order valence-electron chi connectivity index (χ4n) is 0.868. The maximum atomic E-state index is 12.1. The molecule has 0 bridgehead atoms. The molecule has 1 nitrogen and oxygen atoms in total. The third-order valence-corrected chi connectivity index (χ3v) is 1.65. The van der Waals surface area contributed by atoms with Crippen LogP contribution in [0.2, 0.25) is 0 Å². The van der Waals surface area contributed by atoms with Gasteiger partial charge in [0.1, 0.15) is 0 Å². The summed E-state index contributed by atoms with van der Waals surface area (Å²) in [6.45, 7) is 0. The molecule has 0 fully saturated rings. The Bertz CT molecular complexity index is 268. The van der Waals surface area contributed by atoms with E-state index in [0.717, 1.165) is 12.1 Å². The van der Waals surface area contributed by atoms with Crippen molar-refractivity contribution >= 4 is 18.3 Å². The van der Waals surface area contributed by atoms with Crippen LogP contribution < -0.4 is 5.32 Å². The smallest absolute Gasteiger partial charge is 0.376 e. The van der Waals surface area contributed by atoms with Gasteiger partial charge in [-0.25, -0.2) is 0 Å². The molecule has 0 saturated heterocycles. The molecule has 0 spiro atoms. The summed E-state index contributed by atoms with van der Waals surface area (Å²) in [5.74, 6) is 0.394. The standard InChI is InChI=1S/C8H8F3NS/c9-8(10,11)6-1-3-7(4-2-6)12-5-13/h1-4,12-13H,5H2. The molecule has 1 rings (SSSR count). The van der Waals surface area contributed by atoms with Gasteiger partial charge in [0.2, 0.25) is 0 Å². The second kappa shape index (κ2) is 3.91. The summed E-state index contributed by atoms with van der Waals surface area (Å²) in [5.41, 5.74) is -0.0137. The minimum absolute atomic E-state index is 0.394. The molecule has 0 aromatic heterocycles. The third-order valence-electron chi connectivity index (χ3n) is 1.50. The number of hydrogen-bond acceptors (Lipinski definition) is 2. The molecule has 0 aliphatic heterocycles. The van der Waals surface area contributed by atoms with Crippen molar-refractivity contribution in [1.29, 1.82) is 0 Å². The highest BCUT2D eigenvalue weighted by Gasteiger charge is 2.29. The Balaban J connectivity index is 2.81. The lowest BCUT2D eigenvalue weighted by molar-refractivity contribution is -0.137. The first-order chi connectivity index (χ1) is 6.04. The fourth-order valence-corrected chi connectivity index (χ4v) is 1.05. The minimum Gasteiger partial charge on any atom is -0.376 e. The molecule has 0 unspecified atom stereocenters. The summed E-state index contributed by atoms with van der Waals surface area (Å²) >= 11 is 3.88. The Kier molecular flexibility index (Phi) is 3.08. The predicted octanol–water partition coefficient (Wildman–Crippen LogP) is 3.00. The molecule has 0 amide bonds. The van der Waals surface area contributed by atoms with Crippen LogP contribution in [-0.2, 0) is 6.18 Å². The predicted molar refractivity (Wildman–Crippen MR) is 48.9 cm³/mol. The second-order valence-electron chi connectivity index (χ2n) is 2.41. The number of nitrogens with one attached hydrogen (secondary N) is 1. The van der Waals surface area contributed by atoms with Crippen LogP contribution in [0.4, 0.5) is 18.9 Å². The first-order valence-electron chi connectivity index (χ1n) is 3.56. The molecule has 0 radical (unpaired) electrons. The number of benzene rings is 1. The number of rotatable bonds is 2. The summed E-state index contributed by atoms with van der Waals surface area (Å²) in [6, 6.07) is 4.82. The van der Waals surface area contributed by atoms with Crippen LogP contribution in [-0.4, -0.2) is 5.88 Å². The lowest BCUT2D eigenvalue weighted by atomic mass is 10.2. The van der Waals surface area contributed by atoms with E-state index >= 15 is 0 Å². The molecular formula is C8H8F3NS. The highest BCUT2D eigenvalue weighted by Crippen LogP contribution is 2.29. The zero-order valence-corrected chi connectivity index (χ0v) is 7.49. The van der Waals surface area contributed by atoms with E-state index in [0.29, 0.717) is 11.6 Å². The van der Waals surface area contributed by atoms with Crippen LogP contribution in [0.5, 0.6) is 0 Å². The van der Waals surface area contributed by atoms with Crippen molar-refractivity contribution in [2.75, 3.05) is 11.2 Å². The van der Waals surface area contributed by atoms with E-state index < -0.39 is 11.7 Å². The van der Waals surface area contributed by atoms with Crippen molar-refractivity contribution in [3.63, 3.8) is 0 Å². The molecule has 0 aliphatic carbocycles. The van der Waals surface area contributed by atoms with Gasteiger partial charge in [-0.3, -0.25) is 0 Å². The van der Waals surface area contributed by atoms with Crippen molar-refractivity contribution in [3.05, 3.63) is 29.8 Å². The SMILES string of the molecule is FC(F)(F)c1ccc(NCS)cc1. The molecule has 0 aliphatic rings. The molecule has 1 N–H and O–H groups in total. The lowest BCUT2D eigenvalue weighted by Gasteiger charge is -2.07. The van der Waals surface area contributed by atoms with Crippen LogP contribution in [0.15, 0.2) is 24.3 Å². The molecule has 0 heterocycles. The molecule has 1 aromatic rings. The lowest BCUT2D eigenvalue weighted by Crippen LogP contribution is -2.04. The van der Waals surface area contributed by atoms with Crippen molar-refractivity contribution < 1.29 is 13.2 Å². The Hall–Kier alpha value is -0.840. The summed E-state index contributed by atoms with van der Waals surface area (Å²) in [5, 5.41) is 2.78. The molecule has 0 atom stereocenters. The highest BCUT2D eigenvalue weighted by molar-refractivity contribution is 7.80. The molecule has 1 aromatic carbocycles. The Labute approximate surface area is 79.4 Å². The van der Waals surface area contributed by atoms with E-state index in [9.17, 15) is 13.2 Å². The number of anilines is 1. The summed E-state index contributed by atoms with van der Waals surface area (Å²) in [4.78, 5) is 0. The number of alkyl halides is 3. The van der Waals surface area contributed by atoms with Crippen LogP contribution in [0, 0.1) is 0 Å². The average Bonchev–Trinajstić information content (AvgIpc) is 2.04. The number of thiol groups is 1. The zero-order chi connectivity index (χ0) is 9.90. The van der Waals surface area contributed by atoms with Gasteiger partial charge in [0.25, 0.3) is 0 Å². The van der Waals surface area contributed by atoms with Crippen LogP contribution in [0.1, 0.15) is 5.56 Å². The van der Waals surface area contributed by atoms with E-state index in [4.69, 9.17) is 0 Å². The summed E-state index contributed by atoms with van der Waals surface area (Å²) < 4.78 is 36.2. The molecule has 5 heteroatoms. The van der Waals surface area contributed by atoms with Crippen molar-refractivity contribution in [1.82, 2.24) is 0 Å². The normalized spacial score (nSPS) is 11.4. The van der Waals surface area contributed by atoms with Gasteiger partial charge in [-0.1, -0.05) is 0 Å². The Morgan fingerprint density at radius 3 is 2.08 bits per heavy atom. The van der Waals surface area contributed by atoms with Gasteiger partial charge < -0.3 is 5.32 Å². The van der Waals surface area contributed by atoms with Crippen LogP contribution in [0.25, 0.3) is 0 Å². The summed E-state index contributed by atoms with van der Waals surface area (Å²) in [7, 11) is 0. The van der Waals surface area contributed by atoms with Crippen molar-refractivity contribution in [2.45, 2.75) is 6.18 Å². The highest BCUT2D eigenvalue weighted by atomic mass is 32.1. The first-order valence-corrected chi connectivity index (χ1v) is 4.19. The van der Waals surface area contributed by atoms with E-state index in [1.165, 1.54) is 12.1 Å². The Morgan fingerprint density at radius 1 is 1.15 bits per heavy atom. The largest absolute Gasteiger partial charge is 0.416 e. The Morgan fingerprint density at radius 2 is 1.69 bits per heavy atom. The van der Waals surface area contributed by atoms with Gasteiger partial charge in [-0.2, -0.15) is 25.8 Å². The van der Waals surface area contributed by atoms with Gasteiger partial charge in [0.05, 0.1) is 11.4 Å². The van der Waals surface area contributed by atoms with Crippen molar-refractivity contribution in [3.8, 4) is 0 Å². The molecular weight excluding hydrogens is 199 g/mol.